The van der Waals surface area contributed by atoms with Crippen LogP contribution in [0.15, 0.2) is 24.3 Å². The van der Waals surface area contributed by atoms with Crippen LogP contribution in [0.1, 0.15) is 46.0 Å². The van der Waals surface area contributed by atoms with Crippen LogP contribution in [0, 0.1) is 11.2 Å². The highest BCUT2D eigenvalue weighted by Crippen LogP contribution is 2.37. The predicted molar refractivity (Wildman–Crippen MR) is 88.3 cm³/mol. The summed E-state index contributed by atoms with van der Waals surface area (Å²) in [6.07, 6.45) is 6.66. The number of anilines is 1. The Bertz CT molecular complexity index is 410. The van der Waals surface area contributed by atoms with Gasteiger partial charge in [0.25, 0.3) is 0 Å². The highest BCUT2D eigenvalue weighted by Gasteiger charge is 2.33. The second-order valence-electron chi connectivity index (χ2n) is 6.33. The van der Waals surface area contributed by atoms with E-state index in [0.717, 1.165) is 31.9 Å². The summed E-state index contributed by atoms with van der Waals surface area (Å²) in [4.78, 5) is 2.40. The maximum absolute atomic E-state index is 13.1. The Hall–Kier alpha value is -1.09. The van der Waals surface area contributed by atoms with Crippen molar-refractivity contribution < 1.29 is 4.39 Å². The van der Waals surface area contributed by atoms with Crippen LogP contribution in [0.3, 0.4) is 0 Å². The van der Waals surface area contributed by atoms with Gasteiger partial charge in [-0.3, -0.25) is 0 Å². The van der Waals surface area contributed by atoms with Gasteiger partial charge in [0.1, 0.15) is 5.82 Å². The van der Waals surface area contributed by atoms with E-state index in [1.165, 1.54) is 32.1 Å². The largest absolute Gasteiger partial charge is 0.371 e. The lowest BCUT2D eigenvalue weighted by Crippen LogP contribution is -2.45. The molecule has 3 heteroatoms. The molecular weight excluding hydrogens is 263 g/mol. The number of nitrogens with one attached hydrogen (secondary N) is 1. The van der Waals surface area contributed by atoms with Crippen LogP contribution in [0.5, 0.6) is 0 Å². The summed E-state index contributed by atoms with van der Waals surface area (Å²) in [6.45, 7) is 8.54. The van der Waals surface area contributed by atoms with Gasteiger partial charge in [-0.05, 0) is 50.6 Å². The molecule has 2 nitrogen and oxygen atoms in total. The zero-order valence-electron chi connectivity index (χ0n) is 13.5. The second kappa shape index (κ2) is 7.79. The molecule has 0 aromatic heterocycles. The van der Waals surface area contributed by atoms with Gasteiger partial charge in [-0.2, -0.15) is 0 Å². The molecule has 1 N–H and O–H groups in total. The quantitative estimate of drug-likeness (QED) is 0.810. The number of benzene rings is 1. The molecule has 0 radical (unpaired) electrons. The van der Waals surface area contributed by atoms with Crippen molar-refractivity contribution in [2.75, 3.05) is 31.1 Å². The standard InChI is InChI=1S/C18H29FN2/c1-3-20-14-18(12-6-5-7-13-18)15-21(4-2)17-10-8-16(19)9-11-17/h8-11,20H,3-7,12-15H2,1-2H3. The van der Waals surface area contributed by atoms with E-state index in [2.05, 4.69) is 24.1 Å². The third kappa shape index (κ3) is 4.44. The normalized spacial score (nSPS) is 17.7. The van der Waals surface area contributed by atoms with Gasteiger partial charge in [0, 0.05) is 30.7 Å². The van der Waals surface area contributed by atoms with Crippen molar-refractivity contribution in [3.63, 3.8) is 0 Å². The molecule has 0 amide bonds. The number of halogens is 1. The highest BCUT2D eigenvalue weighted by molar-refractivity contribution is 5.46. The van der Waals surface area contributed by atoms with Gasteiger partial charge >= 0.3 is 0 Å². The Labute approximate surface area is 128 Å². The van der Waals surface area contributed by atoms with Crippen LogP contribution >= 0.6 is 0 Å². The van der Waals surface area contributed by atoms with Crippen molar-refractivity contribution in [2.45, 2.75) is 46.0 Å². The van der Waals surface area contributed by atoms with Gasteiger partial charge in [-0.15, -0.1) is 0 Å². The summed E-state index contributed by atoms with van der Waals surface area (Å²) < 4.78 is 13.1. The van der Waals surface area contributed by atoms with E-state index in [9.17, 15) is 4.39 Å². The second-order valence-corrected chi connectivity index (χ2v) is 6.33. The summed E-state index contributed by atoms with van der Waals surface area (Å²) in [5.41, 5.74) is 1.51. The maximum Gasteiger partial charge on any atom is 0.123 e. The van der Waals surface area contributed by atoms with E-state index in [4.69, 9.17) is 0 Å². The lowest BCUT2D eigenvalue weighted by Gasteiger charge is -2.42. The first kappa shape index (κ1) is 16.3. The summed E-state index contributed by atoms with van der Waals surface area (Å²) in [5, 5.41) is 3.56. The molecule has 0 heterocycles. The number of rotatable bonds is 7. The molecule has 1 aliphatic rings. The molecule has 1 aliphatic carbocycles. The molecule has 0 bridgehead atoms. The number of hydrogen-bond donors (Lipinski definition) is 1. The fourth-order valence-electron chi connectivity index (χ4n) is 3.53. The Morgan fingerprint density at radius 3 is 2.33 bits per heavy atom. The third-order valence-electron chi connectivity index (χ3n) is 4.76. The van der Waals surface area contributed by atoms with E-state index in [-0.39, 0.29) is 5.82 Å². The summed E-state index contributed by atoms with van der Waals surface area (Å²) >= 11 is 0. The van der Waals surface area contributed by atoms with Crippen molar-refractivity contribution in [2.24, 2.45) is 5.41 Å². The highest BCUT2D eigenvalue weighted by atomic mass is 19.1. The van der Waals surface area contributed by atoms with Crippen molar-refractivity contribution >= 4 is 5.69 Å². The summed E-state index contributed by atoms with van der Waals surface area (Å²) in [5.74, 6) is -0.158. The lowest BCUT2D eigenvalue weighted by atomic mass is 9.73. The third-order valence-corrected chi connectivity index (χ3v) is 4.76. The molecule has 1 saturated carbocycles. The molecular formula is C18H29FN2. The fraction of sp³-hybridized carbons (Fsp3) is 0.667. The van der Waals surface area contributed by atoms with Crippen molar-refractivity contribution in [1.82, 2.24) is 5.32 Å². The molecule has 1 aromatic rings. The van der Waals surface area contributed by atoms with Gasteiger partial charge in [-0.25, -0.2) is 4.39 Å². The lowest BCUT2D eigenvalue weighted by molar-refractivity contribution is 0.189. The van der Waals surface area contributed by atoms with Crippen LogP contribution in [0.2, 0.25) is 0 Å². The molecule has 0 spiro atoms. The minimum absolute atomic E-state index is 0.158. The minimum atomic E-state index is -0.158. The van der Waals surface area contributed by atoms with Crippen LogP contribution in [-0.4, -0.2) is 26.2 Å². The van der Waals surface area contributed by atoms with Crippen molar-refractivity contribution in [3.05, 3.63) is 30.1 Å². The first-order valence-corrected chi connectivity index (χ1v) is 8.40. The Morgan fingerprint density at radius 2 is 1.76 bits per heavy atom. The van der Waals surface area contributed by atoms with Gasteiger partial charge in [0.2, 0.25) is 0 Å². The van der Waals surface area contributed by atoms with E-state index in [1.807, 2.05) is 12.1 Å². The summed E-state index contributed by atoms with van der Waals surface area (Å²) in [6, 6.07) is 6.94. The van der Waals surface area contributed by atoms with Gasteiger partial charge in [-0.1, -0.05) is 26.2 Å². The van der Waals surface area contributed by atoms with E-state index < -0.39 is 0 Å². The first-order valence-electron chi connectivity index (χ1n) is 8.40. The van der Waals surface area contributed by atoms with Gasteiger partial charge in [0.15, 0.2) is 0 Å². The Kier molecular flexibility index (Phi) is 6.04. The molecule has 2 rings (SSSR count). The van der Waals surface area contributed by atoms with Crippen LogP contribution < -0.4 is 10.2 Å². The van der Waals surface area contributed by atoms with Crippen LogP contribution in [0.4, 0.5) is 10.1 Å². The van der Waals surface area contributed by atoms with E-state index in [0.29, 0.717) is 5.41 Å². The molecule has 1 aromatic carbocycles. The number of hydrogen-bond acceptors (Lipinski definition) is 2. The molecule has 118 valence electrons. The molecule has 0 atom stereocenters. The molecule has 21 heavy (non-hydrogen) atoms. The average Bonchev–Trinajstić information content (AvgIpc) is 2.53. The first-order chi connectivity index (χ1) is 10.2. The number of nitrogens with zero attached hydrogens (tertiary/aromatic N) is 1. The van der Waals surface area contributed by atoms with Crippen LogP contribution in [0.25, 0.3) is 0 Å². The predicted octanol–water partition coefficient (Wildman–Crippen LogP) is 4.21. The minimum Gasteiger partial charge on any atom is -0.371 e. The average molecular weight is 292 g/mol. The zero-order chi connectivity index (χ0) is 15.1. The Morgan fingerprint density at radius 1 is 1.10 bits per heavy atom. The van der Waals surface area contributed by atoms with Gasteiger partial charge in [0.05, 0.1) is 0 Å². The zero-order valence-corrected chi connectivity index (χ0v) is 13.5. The van der Waals surface area contributed by atoms with Crippen molar-refractivity contribution in [1.29, 1.82) is 0 Å². The molecule has 0 saturated heterocycles. The van der Waals surface area contributed by atoms with Crippen molar-refractivity contribution in [3.8, 4) is 0 Å². The van der Waals surface area contributed by atoms with E-state index in [1.54, 1.807) is 12.1 Å². The molecule has 0 aliphatic heterocycles. The maximum atomic E-state index is 13.1. The molecule has 0 unspecified atom stereocenters. The fourth-order valence-corrected chi connectivity index (χ4v) is 3.53. The molecule has 1 fully saturated rings. The monoisotopic (exact) mass is 292 g/mol. The topological polar surface area (TPSA) is 15.3 Å². The Balaban J connectivity index is 2.10. The van der Waals surface area contributed by atoms with E-state index >= 15 is 0 Å². The smallest absolute Gasteiger partial charge is 0.123 e. The van der Waals surface area contributed by atoms with Crippen LogP contribution in [-0.2, 0) is 0 Å². The summed E-state index contributed by atoms with van der Waals surface area (Å²) in [7, 11) is 0. The van der Waals surface area contributed by atoms with Gasteiger partial charge < -0.3 is 10.2 Å². The SMILES string of the molecule is CCNCC1(CN(CC)c2ccc(F)cc2)CCCCC1.